The lowest BCUT2D eigenvalue weighted by molar-refractivity contribution is -0.122. The van der Waals surface area contributed by atoms with Crippen molar-refractivity contribution in [2.24, 2.45) is 0 Å². The molecule has 2 unspecified atom stereocenters. The Hall–Kier alpha value is -1.24. The van der Waals surface area contributed by atoms with Gasteiger partial charge < -0.3 is 15.2 Å². The Balaban J connectivity index is 1.89. The predicted octanol–water partition coefficient (Wildman–Crippen LogP) is 0.507. The smallest absolute Gasteiger partial charge is 0.238 e. The molecule has 6 heteroatoms. The van der Waals surface area contributed by atoms with Crippen LogP contribution >= 0.6 is 11.8 Å². The maximum Gasteiger partial charge on any atom is 0.238 e. The van der Waals surface area contributed by atoms with Gasteiger partial charge in [0.15, 0.2) is 0 Å². The van der Waals surface area contributed by atoms with Crippen LogP contribution in [0, 0.1) is 0 Å². The minimum Gasteiger partial charge on any atom is -0.496 e. The molecule has 0 radical (unpaired) electrons. The average Bonchev–Trinajstić information content (AvgIpc) is 2.98. The van der Waals surface area contributed by atoms with E-state index in [1.165, 1.54) is 0 Å². The fourth-order valence-electron chi connectivity index (χ4n) is 1.94. The van der Waals surface area contributed by atoms with Crippen molar-refractivity contribution < 1.29 is 14.6 Å². The van der Waals surface area contributed by atoms with E-state index in [9.17, 15) is 9.90 Å². The summed E-state index contributed by atoms with van der Waals surface area (Å²) in [7, 11) is 1.56. The third-order valence-corrected chi connectivity index (χ3v) is 3.94. The first kappa shape index (κ1) is 14.2. The molecule has 0 bridgehead atoms. The first-order valence-electron chi connectivity index (χ1n) is 6.12. The highest BCUT2D eigenvalue weighted by Gasteiger charge is 2.23. The summed E-state index contributed by atoms with van der Waals surface area (Å²) in [5, 5.41) is 15.9. The number of amides is 1. The molecule has 3 N–H and O–H groups in total. The summed E-state index contributed by atoms with van der Waals surface area (Å²) in [6.07, 6.45) is -0.769. The quantitative estimate of drug-likeness (QED) is 0.734. The molecule has 1 amide bonds. The van der Waals surface area contributed by atoms with Crippen LogP contribution in [0.5, 0.6) is 5.75 Å². The van der Waals surface area contributed by atoms with Crippen LogP contribution in [0.1, 0.15) is 11.7 Å². The summed E-state index contributed by atoms with van der Waals surface area (Å²) in [5.41, 5.74) is 0.680. The van der Waals surface area contributed by atoms with Crippen molar-refractivity contribution in [3.05, 3.63) is 29.8 Å². The molecular weight excluding hydrogens is 264 g/mol. The summed E-state index contributed by atoms with van der Waals surface area (Å²) < 4.78 is 5.18. The van der Waals surface area contributed by atoms with Crippen molar-refractivity contribution in [3.8, 4) is 5.75 Å². The Labute approximate surface area is 116 Å². The van der Waals surface area contributed by atoms with E-state index < -0.39 is 6.10 Å². The Kier molecular flexibility index (Phi) is 5.07. The van der Waals surface area contributed by atoms with Crippen molar-refractivity contribution >= 4 is 17.7 Å². The second-order valence-corrected chi connectivity index (χ2v) is 5.30. The molecule has 1 aromatic rings. The highest BCUT2D eigenvalue weighted by atomic mass is 32.2. The number of carbonyl (C=O) groups excluding carboxylic acids is 1. The number of carbonyl (C=O) groups is 1. The highest BCUT2D eigenvalue weighted by Crippen LogP contribution is 2.24. The van der Waals surface area contributed by atoms with Gasteiger partial charge in [0.05, 0.1) is 19.3 Å². The number of ether oxygens (including phenoxy) is 1. The average molecular weight is 282 g/mol. The minimum absolute atomic E-state index is 0.0704. The molecule has 0 aliphatic carbocycles. The zero-order chi connectivity index (χ0) is 13.7. The topological polar surface area (TPSA) is 70.6 Å². The number of aliphatic hydroxyl groups excluding tert-OH is 1. The normalized spacial score (nSPS) is 20.0. The summed E-state index contributed by atoms with van der Waals surface area (Å²) in [6.45, 7) is 0.183. The molecule has 19 heavy (non-hydrogen) atoms. The van der Waals surface area contributed by atoms with Crippen LogP contribution in [0.15, 0.2) is 24.3 Å². The summed E-state index contributed by atoms with van der Waals surface area (Å²) >= 11 is 1.69. The van der Waals surface area contributed by atoms with Crippen LogP contribution < -0.4 is 15.4 Å². The van der Waals surface area contributed by atoms with Crippen LogP contribution in [0.3, 0.4) is 0 Å². The molecule has 1 saturated heterocycles. The summed E-state index contributed by atoms with van der Waals surface area (Å²) in [5.74, 6) is 2.13. The van der Waals surface area contributed by atoms with Gasteiger partial charge in [-0.15, -0.1) is 11.8 Å². The van der Waals surface area contributed by atoms with Gasteiger partial charge in [-0.3, -0.25) is 10.1 Å². The first-order chi connectivity index (χ1) is 9.22. The number of aliphatic hydroxyl groups is 1. The van der Waals surface area contributed by atoms with Gasteiger partial charge in [-0.25, -0.2) is 0 Å². The summed E-state index contributed by atoms with van der Waals surface area (Å²) in [6, 6.07) is 7.09. The van der Waals surface area contributed by atoms with E-state index in [0.717, 1.165) is 11.6 Å². The molecule has 1 aliphatic rings. The van der Waals surface area contributed by atoms with Crippen molar-refractivity contribution in [1.82, 2.24) is 10.6 Å². The number of benzene rings is 1. The second kappa shape index (κ2) is 6.79. The molecule has 1 aliphatic heterocycles. The van der Waals surface area contributed by atoms with Crippen molar-refractivity contribution in [1.29, 1.82) is 0 Å². The van der Waals surface area contributed by atoms with E-state index in [-0.39, 0.29) is 18.5 Å². The second-order valence-electron chi connectivity index (χ2n) is 4.27. The van der Waals surface area contributed by atoms with Gasteiger partial charge >= 0.3 is 0 Å². The zero-order valence-electron chi connectivity index (χ0n) is 10.8. The van der Waals surface area contributed by atoms with Gasteiger partial charge in [-0.05, 0) is 6.07 Å². The molecule has 1 fully saturated rings. The van der Waals surface area contributed by atoms with Crippen LogP contribution in [0.4, 0.5) is 0 Å². The predicted molar refractivity (Wildman–Crippen MR) is 75.2 cm³/mol. The van der Waals surface area contributed by atoms with Crippen LogP contribution in [-0.2, 0) is 4.79 Å². The number of rotatable bonds is 5. The van der Waals surface area contributed by atoms with E-state index in [0.29, 0.717) is 11.3 Å². The van der Waals surface area contributed by atoms with E-state index in [1.54, 1.807) is 31.0 Å². The van der Waals surface area contributed by atoms with Crippen molar-refractivity contribution in [3.63, 3.8) is 0 Å². The third-order valence-electron chi connectivity index (χ3n) is 3.00. The minimum atomic E-state index is -0.769. The first-order valence-corrected chi connectivity index (χ1v) is 7.27. The van der Waals surface area contributed by atoms with Crippen LogP contribution in [-0.4, -0.2) is 42.3 Å². The number of hydrogen-bond donors (Lipinski definition) is 3. The fraction of sp³-hybridized carbons (Fsp3) is 0.462. The summed E-state index contributed by atoms with van der Waals surface area (Å²) in [4.78, 5) is 11.8. The number of thioether (sulfide) groups is 1. The Morgan fingerprint density at radius 1 is 1.63 bits per heavy atom. The molecule has 2 rings (SSSR count). The molecule has 2 atom stereocenters. The van der Waals surface area contributed by atoms with E-state index >= 15 is 0 Å². The SMILES string of the molecule is COc1ccccc1C(O)CNC(=O)C1CSCN1. The third kappa shape index (κ3) is 3.62. The van der Waals surface area contributed by atoms with E-state index in [4.69, 9.17) is 4.74 Å². The number of methoxy groups -OCH3 is 1. The molecule has 5 nitrogen and oxygen atoms in total. The standard InChI is InChI=1S/C13H18N2O3S/c1-18-12-5-3-2-4-9(12)11(16)6-14-13(17)10-7-19-8-15-10/h2-5,10-11,15-16H,6-8H2,1H3,(H,14,17). The van der Waals surface area contributed by atoms with Gasteiger partial charge in [-0.2, -0.15) is 0 Å². The molecule has 104 valence electrons. The van der Waals surface area contributed by atoms with Crippen LogP contribution in [0.25, 0.3) is 0 Å². The molecule has 0 spiro atoms. The fourth-order valence-corrected chi connectivity index (χ4v) is 2.88. The molecule has 0 aromatic heterocycles. The Bertz CT molecular complexity index is 436. The Morgan fingerprint density at radius 3 is 3.11 bits per heavy atom. The van der Waals surface area contributed by atoms with Gasteiger partial charge in [0, 0.05) is 23.7 Å². The van der Waals surface area contributed by atoms with Gasteiger partial charge in [0.25, 0.3) is 0 Å². The molecule has 1 heterocycles. The lowest BCUT2D eigenvalue weighted by atomic mass is 10.1. The van der Waals surface area contributed by atoms with Gasteiger partial charge in [0.1, 0.15) is 5.75 Å². The van der Waals surface area contributed by atoms with Gasteiger partial charge in [-0.1, -0.05) is 18.2 Å². The number of nitrogens with one attached hydrogen (secondary N) is 2. The lowest BCUT2D eigenvalue weighted by Crippen LogP contribution is -2.43. The van der Waals surface area contributed by atoms with Crippen molar-refractivity contribution in [2.45, 2.75) is 12.1 Å². The van der Waals surface area contributed by atoms with E-state index in [1.807, 2.05) is 12.1 Å². The monoisotopic (exact) mass is 282 g/mol. The molecule has 0 saturated carbocycles. The van der Waals surface area contributed by atoms with E-state index in [2.05, 4.69) is 10.6 Å². The zero-order valence-corrected chi connectivity index (χ0v) is 11.6. The molecular formula is C13H18N2O3S. The number of para-hydroxylation sites is 1. The molecule has 1 aromatic carbocycles. The van der Waals surface area contributed by atoms with Gasteiger partial charge in [0.2, 0.25) is 5.91 Å². The Morgan fingerprint density at radius 2 is 2.42 bits per heavy atom. The number of hydrogen-bond acceptors (Lipinski definition) is 5. The highest BCUT2D eigenvalue weighted by molar-refractivity contribution is 7.99. The maximum absolute atomic E-state index is 11.8. The van der Waals surface area contributed by atoms with Crippen LogP contribution in [0.2, 0.25) is 0 Å². The van der Waals surface area contributed by atoms with Crippen molar-refractivity contribution in [2.75, 3.05) is 25.3 Å². The maximum atomic E-state index is 11.8. The lowest BCUT2D eigenvalue weighted by Gasteiger charge is -2.16. The largest absolute Gasteiger partial charge is 0.496 e.